The fraction of sp³-hybridized carbons (Fsp3) is 0.167. The van der Waals surface area contributed by atoms with Gasteiger partial charge < -0.3 is 10.3 Å². The molecule has 0 aliphatic carbocycles. The zero-order chi connectivity index (χ0) is 15.7. The number of amides is 1. The zero-order valence-corrected chi connectivity index (χ0v) is 12.5. The van der Waals surface area contributed by atoms with E-state index < -0.39 is 0 Å². The third-order valence-electron chi connectivity index (χ3n) is 3.72. The molecule has 22 heavy (non-hydrogen) atoms. The largest absolute Gasteiger partial charge is 0.351 e. The van der Waals surface area contributed by atoms with Crippen LogP contribution in [-0.2, 0) is 0 Å². The van der Waals surface area contributed by atoms with Crippen molar-refractivity contribution in [1.82, 2.24) is 10.3 Å². The molecule has 0 radical (unpaired) electrons. The fourth-order valence-corrected chi connectivity index (χ4v) is 2.51. The van der Waals surface area contributed by atoms with Gasteiger partial charge in [0.05, 0.1) is 6.04 Å². The second-order valence-electron chi connectivity index (χ2n) is 5.52. The van der Waals surface area contributed by atoms with Crippen molar-refractivity contribution < 1.29 is 9.18 Å². The van der Waals surface area contributed by atoms with E-state index in [1.54, 1.807) is 12.1 Å². The summed E-state index contributed by atoms with van der Waals surface area (Å²) in [5.41, 5.74) is 3.31. The minimum Gasteiger partial charge on any atom is -0.351 e. The Labute approximate surface area is 128 Å². The predicted molar refractivity (Wildman–Crippen MR) is 85.3 cm³/mol. The van der Waals surface area contributed by atoms with Crippen LogP contribution in [0, 0.1) is 12.7 Å². The van der Waals surface area contributed by atoms with Crippen LogP contribution in [-0.4, -0.2) is 10.9 Å². The summed E-state index contributed by atoms with van der Waals surface area (Å²) in [7, 11) is 0. The second kappa shape index (κ2) is 5.64. The Kier molecular flexibility index (Phi) is 3.67. The van der Waals surface area contributed by atoms with Gasteiger partial charge in [-0.05, 0) is 49.7 Å². The van der Waals surface area contributed by atoms with Crippen molar-refractivity contribution in [3.8, 4) is 0 Å². The molecule has 0 aliphatic heterocycles. The van der Waals surface area contributed by atoms with Gasteiger partial charge >= 0.3 is 0 Å². The summed E-state index contributed by atoms with van der Waals surface area (Å²) in [4.78, 5) is 15.4. The van der Waals surface area contributed by atoms with E-state index >= 15 is 0 Å². The van der Waals surface area contributed by atoms with Gasteiger partial charge in [0.15, 0.2) is 0 Å². The number of fused-ring (bicyclic) bond motifs is 1. The van der Waals surface area contributed by atoms with E-state index in [0.717, 1.165) is 22.0 Å². The van der Waals surface area contributed by atoms with Gasteiger partial charge in [0.1, 0.15) is 11.5 Å². The number of rotatable bonds is 3. The molecule has 0 saturated heterocycles. The second-order valence-corrected chi connectivity index (χ2v) is 5.52. The molecule has 0 bridgehead atoms. The van der Waals surface area contributed by atoms with Crippen molar-refractivity contribution >= 4 is 16.8 Å². The molecule has 2 aromatic carbocycles. The Hall–Kier alpha value is -2.62. The first-order chi connectivity index (χ1) is 10.5. The lowest BCUT2D eigenvalue weighted by Gasteiger charge is -2.13. The topological polar surface area (TPSA) is 44.9 Å². The van der Waals surface area contributed by atoms with Gasteiger partial charge in [-0.2, -0.15) is 0 Å². The van der Waals surface area contributed by atoms with E-state index in [1.807, 2.05) is 38.1 Å². The van der Waals surface area contributed by atoms with Crippen LogP contribution in [0.5, 0.6) is 0 Å². The average Bonchev–Trinajstić information content (AvgIpc) is 2.90. The lowest BCUT2D eigenvalue weighted by Crippen LogP contribution is -2.26. The molecule has 3 aromatic rings. The molecule has 0 fully saturated rings. The molecule has 0 aliphatic rings. The minimum absolute atomic E-state index is 0.203. The van der Waals surface area contributed by atoms with Gasteiger partial charge in [-0.25, -0.2) is 4.39 Å². The monoisotopic (exact) mass is 296 g/mol. The molecule has 4 heteroatoms. The van der Waals surface area contributed by atoms with E-state index in [2.05, 4.69) is 10.3 Å². The number of aryl methyl sites for hydroxylation is 1. The fourth-order valence-electron chi connectivity index (χ4n) is 2.51. The quantitative estimate of drug-likeness (QED) is 0.750. The van der Waals surface area contributed by atoms with Gasteiger partial charge in [0, 0.05) is 10.9 Å². The SMILES string of the molecule is Cc1ccc2[nH]c(C(=O)N[C@H](C)c3cccc(F)c3)cc2c1. The molecule has 2 N–H and O–H groups in total. The smallest absolute Gasteiger partial charge is 0.268 e. The lowest BCUT2D eigenvalue weighted by atomic mass is 10.1. The molecule has 1 amide bonds. The summed E-state index contributed by atoms with van der Waals surface area (Å²) >= 11 is 0. The lowest BCUT2D eigenvalue weighted by molar-refractivity contribution is 0.0935. The van der Waals surface area contributed by atoms with E-state index in [4.69, 9.17) is 0 Å². The maximum atomic E-state index is 13.2. The van der Waals surface area contributed by atoms with Crippen molar-refractivity contribution in [1.29, 1.82) is 0 Å². The Morgan fingerprint density at radius 2 is 2.00 bits per heavy atom. The third-order valence-corrected chi connectivity index (χ3v) is 3.72. The molecule has 3 nitrogen and oxygen atoms in total. The number of aromatic nitrogens is 1. The number of benzene rings is 2. The van der Waals surface area contributed by atoms with Crippen molar-refractivity contribution in [2.45, 2.75) is 19.9 Å². The molecule has 0 spiro atoms. The molecule has 3 rings (SSSR count). The highest BCUT2D eigenvalue weighted by Gasteiger charge is 2.14. The molecule has 1 heterocycles. The molecular weight excluding hydrogens is 279 g/mol. The number of hydrogen-bond acceptors (Lipinski definition) is 1. The Morgan fingerprint density at radius 1 is 1.18 bits per heavy atom. The van der Waals surface area contributed by atoms with Gasteiger partial charge in [0.25, 0.3) is 5.91 Å². The van der Waals surface area contributed by atoms with E-state index in [9.17, 15) is 9.18 Å². The van der Waals surface area contributed by atoms with Crippen LogP contribution < -0.4 is 5.32 Å². The maximum absolute atomic E-state index is 13.2. The van der Waals surface area contributed by atoms with Crippen LogP contribution in [0.15, 0.2) is 48.5 Å². The van der Waals surface area contributed by atoms with Crippen LogP contribution in [0.1, 0.15) is 34.6 Å². The third kappa shape index (κ3) is 2.86. The van der Waals surface area contributed by atoms with Gasteiger partial charge in [0.2, 0.25) is 0 Å². The van der Waals surface area contributed by atoms with Crippen molar-refractivity contribution in [2.75, 3.05) is 0 Å². The van der Waals surface area contributed by atoms with Gasteiger partial charge in [-0.3, -0.25) is 4.79 Å². The van der Waals surface area contributed by atoms with Crippen LogP contribution in [0.3, 0.4) is 0 Å². The summed E-state index contributed by atoms with van der Waals surface area (Å²) in [5, 5.41) is 3.88. The molecule has 1 atom stereocenters. The molecule has 1 aromatic heterocycles. The minimum atomic E-state index is -0.306. The highest BCUT2D eigenvalue weighted by Crippen LogP contribution is 2.18. The van der Waals surface area contributed by atoms with Crippen LogP contribution in [0.2, 0.25) is 0 Å². The average molecular weight is 296 g/mol. The first kappa shape index (κ1) is 14.3. The first-order valence-corrected chi connectivity index (χ1v) is 7.18. The van der Waals surface area contributed by atoms with Crippen LogP contribution in [0.4, 0.5) is 4.39 Å². The molecule has 112 valence electrons. The van der Waals surface area contributed by atoms with Gasteiger partial charge in [-0.15, -0.1) is 0 Å². The normalized spacial score (nSPS) is 12.3. The number of hydrogen-bond donors (Lipinski definition) is 2. The van der Waals surface area contributed by atoms with Gasteiger partial charge in [-0.1, -0.05) is 23.8 Å². The number of carbonyl (C=O) groups excluding carboxylic acids is 1. The number of nitrogens with one attached hydrogen (secondary N) is 2. The summed E-state index contributed by atoms with van der Waals surface area (Å²) in [6.07, 6.45) is 0. The number of aromatic amines is 1. The summed E-state index contributed by atoms with van der Waals surface area (Å²) in [5.74, 6) is -0.509. The maximum Gasteiger partial charge on any atom is 0.268 e. The molecular formula is C18H17FN2O. The number of halogens is 1. The summed E-state index contributed by atoms with van der Waals surface area (Å²) in [6, 6.07) is 13.8. The van der Waals surface area contributed by atoms with Crippen molar-refractivity contribution in [3.05, 3.63) is 71.2 Å². The van der Waals surface area contributed by atoms with E-state index in [1.165, 1.54) is 12.1 Å². The summed E-state index contributed by atoms with van der Waals surface area (Å²) in [6.45, 7) is 3.84. The van der Waals surface area contributed by atoms with Crippen molar-refractivity contribution in [3.63, 3.8) is 0 Å². The first-order valence-electron chi connectivity index (χ1n) is 7.18. The van der Waals surface area contributed by atoms with Crippen LogP contribution in [0.25, 0.3) is 10.9 Å². The molecule has 0 unspecified atom stereocenters. The highest BCUT2D eigenvalue weighted by atomic mass is 19.1. The standard InChI is InChI=1S/C18H17FN2O/c1-11-6-7-16-14(8-11)10-17(21-16)18(22)20-12(2)13-4-3-5-15(19)9-13/h3-10,12,21H,1-2H3,(H,20,22)/t12-/m1/s1. The Bertz CT molecular complexity index is 838. The zero-order valence-electron chi connectivity index (χ0n) is 12.5. The van der Waals surface area contributed by atoms with Crippen molar-refractivity contribution in [2.24, 2.45) is 0 Å². The van der Waals surface area contributed by atoms with E-state index in [-0.39, 0.29) is 17.8 Å². The molecule has 0 saturated carbocycles. The Morgan fingerprint density at radius 3 is 2.77 bits per heavy atom. The number of H-pyrrole nitrogens is 1. The van der Waals surface area contributed by atoms with E-state index in [0.29, 0.717) is 5.69 Å². The summed E-state index contributed by atoms with van der Waals surface area (Å²) < 4.78 is 13.2. The Balaban J connectivity index is 1.80. The highest BCUT2D eigenvalue weighted by molar-refractivity contribution is 5.98. The predicted octanol–water partition coefficient (Wildman–Crippen LogP) is 4.11. The number of carbonyl (C=O) groups is 1. The van der Waals surface area contributed by atoms with Crippen LogP contribution >= 0.6 is 0 Å².